The van der Waals surface area contributed by atoms with Crippen LogP contribution in [0.5, 0.6) is 0 Å². The van der Waals surface area contributed by atoms with E-state index in [0.29, 0.717) is 5.92 Å². The van der Waals surface area contributed by atoms with Gasteiger partial charge in [-0.2, -0.15) is 0 Å². The molecule has 1 heteroatoms. The van der Waals surface area contributed by atoms with E-state index in [1.54, 1.807) is 0 Å². The molecule has 1 aromatic carbocycles. The van der Waals surface area contributed by atoms with Crippen molar-refractivity contribution in [2.24, 2.45) is 5.92 Å². The Morgan fingerprint density at radius 2 is 1.88 bits per heavy atom. The number of rotatable bonds is 6. The summed E-state index contributed by atoms with van der Waals surface area (Å²) in [6, 6.07) is 8.76. The van der Waals surface area contributed by atoms with Gasteiger partial charge < -0.3 is 5.11 Å². The van der Waals surface area contributed by atoms with Crippen LogP contribution in [0.15, 0.2) is 24.3 Å². The molecule has 0 aromatic heterocycles. The van der Waals surface area contributed by atoms with Gasteiger partial charge in [-0.15, -0.1) is 0 Å². The minimum atomic E-state index is -0.145. The van der Waals surface area contributed by atoms with Gasteiger partial charge in [0, 0.05) is 0 Å². The maximum absolute atomic E-state index is 9.53. The summed E-state index contributed by atoms with van der Waals surface area (Å²) in [6.07, 6.45) is 3.71. The Kier molecular flexibility index (Phi) is 5.54. The van der Waals surface area contributed by atoms with E-state index in [4.69, 9.17) is 0 Å². The predicted octanol–water partition coefficient (Wildman–Crippen LogP) is 3.59. The van der Waals surface area contributed by atoms with Gasteiger partial charge >= 0.3 is 0 Å². The van der Waals surface area contributed by atoms with Gasteiger partial charge in [0.25, 0.3) is 0 Å². The molecule has 0 radical (unpaired) electrons. The lowest BCUT2D eigenvalue weighted by Gasteiger charge is -2.09. The second kappa shape index (κ2) is 6.70. The van der Waals surface area contributed by atoms with E-state index in [1.165, 1.54) is 11.1 Å². The lowest BCUT2D eigenvalue weighted by molar-refractivity contribution is 0.160. The Morgan fingerprint density at radius 3 is 2.50 bits per heavy atom. The number of aryl methyl sites for hydroxylation is 1. The standard InChI is InChI=1S/C15H24O/c1-4-15(16)9-8-13-6-5-7-14(11-13)10-12(2)3/h5-7,11-12,15-16H,4,8-10H2,1-3H3. The summed E-state index contributed by atoms with van der Waals surface area (Å²) in [4.78, 5) is 0. The second-order valence-electron chi connectivity index (χ2n) is 5.02. The maximum atomic E-state index is 9.53. The van der Waals surface area contributed by atoms with Gasteiger partial charge in [-0.05, 0) is 42.7 Å². The summed E-state index contributed by atoms with van der Waals surface area (Å²) in [5.74, 6) is 0.705. The minimum absolute atomic E-state index is 0.145. The van der Waals surface area contributed by atoms with Crippen LogP contribution in [0, 0.1) is 5.92 Å². The summed E-state index contributed by atoms with van der Waals surface area (Å²) in [5.41, 5.74) is 2.77. The molecular formula is C15H24O. The van der Waals surface area contributed by atoms with Crippen LogP contribution in [0.3, 0.4) is 0 Å². The highest BCUT2D eigenvalue weighted by atomic mass is 16.3. The molecule has 90 valence electrons. The van der Waals surface area contributed by atoms with E-state index >= 15 is 0 Å². The van der Waals surface area contributed by atoms with Crippen molar-refractivity contribution < 1.29 is 5.11 Å². The molecule has 0 aliphatic carbocycles. The van der Waals surface area contributed by atoms with Gasteiger partial charge in [0.1, 0.15) is 0 Å². The zero-order valence-corrected chi connectivity index (χ0v) is 10.7. The van der Waals surface area contributed by atoms with E-state index < -0.39 is 0 Å². The minimum Gasteiger partial charge on any atom is -0.393 e. The van der Waals surface area contributed by atoms with Gasteiger partial charge in [-0.3, -0.25) is 0 Å². The first-order chi connectivity index (χ1) is 7.61. The quantitative estimate of drug-likeness (QED) is 0.776. The first kappa shape index (κ1) is 13.2. The molecule has 0 bridgehead atoms. The van der Waals surface area contributed by atoms with Crippen molar-refractivity contribution in [2.45, 2.75) is 52.6 Å². The van der Waals surface area contributed by atoms with Gasteiger partial charge in [-0.1, -0.05) is 45.0 Å². The average Bonchev–Trinajstić information content (AvgIpc) is 2.25. The predicted molar refractivity (Wildman–Crippen MR) is 69.6 cm³/mol. The SMILES string of the molecule is CCC(O)CCc1cccc(CC(C)C)c1. The third kappa shape index (κ3) is 4.80. The largest absolute Gasteiger partial charge is 0.393 e. The van der Waals surface area contributed by atoms with Crippen LogP contribution in [-0.4, -0.2) is 11.2 Å². The fourth-order valence-electron chi connectivity index (χ4n) is 1.92. The highest BCUT2D eigenvalue weighted by Crippen LogP contribution is 2.13. The van der Waals surface area contributed by atoms with E-state index in [1.807, 2.05) is 6.92 Å². The first-order valence-electron chi connectivity index (χ1n) is 6.37. The van der Waals surface area contributed by atoms with Crippen LogP contribution >= 0.6 is 0 Å². The lowest BCUT2D eigenvalue weighted by Crippen LogP contribution is -2.05. The van der Waals surface area contributed by atoms with Crippen LogP contribution in [0.4, 0.5) is 0 Å². The van der Waals surface area contributed by atoms with Gasteiger partial charge in [-0.25, -0.2) is 0 Å². The normalized spacial score (nSPS) is 13.1. The van der Waals surface area contributed by atoms with Gasteiger partial charge in [0.15, 0.2) is 0 Å². The van der Waals surface area contributed by atoms with Crippen molar-refractivity contribution in [3.05, 3.63) is 35.4 Å². The monoisotopic (exact) mass is 220 g/mol. The third-order valence-electron chi connectivity index (χ3n) is 2.87. The molecule has 0 aliphatic heterocycles. The molecule has 0 saturated carbocycles. The second-order valence-corrected chi connectivity index (χ2v) is 5.02. The molecular weight excluding hydrogens is 196 g/mol. The topological polar surface area (TPSA) is 20.2 Å². The molecule has 1 N–H and O–H groups in total. The molecule has 0 saturated heterocycles. The summed E-state index contributed by atoms with van der Waals surface area (Å²) in [5, 5.41) is 9.53. The molecule has 1 nitrogen and oxygen atoms in total. The van der Waals surface area contributed by atoms with Crippen LogP contribution < -0.4 is 0 Å². The zero-order chi connectivity index (χ0) is 12.0. The van der Waals surface area contributed by atoms with Crippen molar-refractivity contribution in [1.29, 1.82) is 0 Å². The van der Waals surface area contributed by atoms with Crippen LogP contribution in [0.25, 0.3) is 0 Å². The summed E-state index contributed by atoms with van der Waals surface area (Å²) in [7, 11) is 0. The molecule has 16 heavy (non-hydrogen) atoms. The highest BCUT2D eigenvalue weighted by molar-refractivity contribution is 5.24. The van der Waals surface area contributed by atoms with E-state index in [-0.39, 0.29) is 6.10 Å². The molecule has 0 spiro atoms. The zero-order valence-electron chi connectivity index (χ0n) is 10.7. The average molecular weight is 220 g/mol. The smallest absolute Gasteiger partial charge is 0.0540 e. The molecule has 0 heterocycles. The van der Waals surface area contributed by atoms with E-state index in [2.05, 4.69) is 38.1 Å². The summed E-state index contributed by atoms with van der Waals surface area (Å²) < 4.78 is 0. The highest BCUT2D eigenvalue weighted by Gasteiger charge is 2.03. The van der Waals surface area contributed by atoms with Crippen molar-refractivity contribution in [1.82, 2.24) is 0 Å². The Bertz CT molecular complexity index is 304. The van der Waals surface area contributed by atoms with Crippen molar-refractivity contribution in [3.8, 4) is 0 Å². The lowest BCUT2D eigenvalue weighted by atomic mass is 9.98. The Labute approximate surface area is 99.5 Å². The Hall–Kier alpha value is -0.820. The molecule has 0 aliphatic rings. The van der Waals surface area contributed by atoms with Crippen LogP contribution in [-0.2, 0) is 12.8 Å². The maximum Gasteiger partial charge on any atom is 0.0540 e. The number of hydrogen-bond donors (Lipinski definition) is 1. The van der Waals surface area contributed by atoms with Crippen LogP contribution in [0.2, 0.25) is 0 Å². The molecule has 1 rings (SSSR count). The number of aliphatic hydroxyl groups is 1. The molecule has 0 fully saturated rings. The van der Waals surface area contributed by atoms with Crippen molar-refractivity contribution in [2.75, 3.05) is 0 Å². The fraction of sp³-hybridized carbons (Fsp3) is 0.600. The van der Waals surface area contributed by atoms with Crippen molar-refractivity contribution >= 4 is 0 Å². The van der Waals surface area contributed by atoms with E-state index in [0.717, 1.165) is 25.7 Å². The van der Waals surface area contributed by atoms with Gasteiger partial charge in [0.2, 0.25) is 0 Å². The van der Waals surface area contributed by atoms with Crippen molar-refractivity contribution in [3.63, 3.8) is 0 Å². The molecule has 1 unspecified atom stereocenters. The van der Waals surface area contributed by atoms with E-state index in [9.17, 15) is 5.11 Å². The third-order valence-corrected chi connectivity index (χ3v) is 2.87. The fourth-order valence-corrected chi connectivity index (χ4v) is 1.92. The number of hydrogen-bond acceptors (Lipinski definition) is 1. The number of benzene rings is 1. The Balaban J connectivity index is 2.53. The molecule has 0 amide bonds. The molecule has 1 atom stereocenters. The molecule has 1 aromatic rings. The Morgan fingerprint density at radius 1 is 1.19 bits per heavy atom. The summed E-state index contributed by atoms with van der Waals surface area (Å²) >= 11 is 0. The van der Waals surface area contributed by atoms with Crippen LogP contribution in [0.1, 0.15) is 44.7 Å². The number of aliphatic hydroxyl groups excluding tert-OH is 1. The van der Waals surface area contributed by atoms with Gasteiger partial charge in [0.05, 0.1) is 6.10 Å². The summed E-state index contributed by atoms with van der Waals surface area (Å²) in [6.45, 7) is 6.51. The first-order valence-corrected chi connectivity index (χ1v) is 6.37.